The number of aromatic nitrogens is 2. The molecule has 0 unspecified atom stereocenters. The van der Waals surface area contributed by atoms with Crippen LogP contribution in [-0.4, -0.2) is 32.1 Å². The number of carboxylic acids is 2. The molecule has 9 heteroatoms. The second-order valence-electron chi connectivity index (χ2n) is 3.49. The second-order valence-corrected chi connectivity index (χ2v) is 5.60. The van der Waals surface area contributed by atoms with Crippen LogP contribution in [0.15, 0.2) is 46.7 Å². The quantitative estimate of drug-likeness (QED) is 0.573. The van der Waals surface area contributed by atoms with E-state index in [2.05, 4.69) is 9.97 Å². The SMILES string of the molecule is O=C(O)c1cccnc1SSc1ncccc1C(=O)O.[H-].[Na+]. The Bertz CT molecular complexity index is 618. The summed E-state index contributed by atoms with van der Waals surface area (Å²) in [4.78, 5) is 30.0. The Morgan fingerprint density at radius 3 is 1.62 bits per heavy atom. The molecule has 0 aromatic carbocycles. The standard InChI is InChI=1S/C12H8N2O4S2.Na.H/c15-11(16)7-3-1-5-13-9(7)19-20-10-8(12(17)18)4-2-6-14-10;;/h1-6H,(H,15,16)(H,17,18);;/q;+1;-1. The third-order valence-corrected chi connectivity index (χ3v) is 4.45. The minimum Gasteiger partial charge on any atom is -1.00 e. The molecule has 0 spiro atoms. The van der Waals surface area contributed by atoms with Gasteiger partial charge in [0.2, 0.25) is 0 Å². The van der Waals surface area contributed by atoms with Gasteiger partial charge in [0.1, 0.15) is 10.1 Å². The van der Waals surface area contributed by atoms with Crippen LogP contribution >= 0.6 is 21.6 Å². The van der Waals surface area contributed by atoms with Gasteiger partial charge in [-0.1, -0.05) is 0 Å². The van der Waals surface area contributed by atoms with E-state index in [0.29, 0.717) is 10.1 Å². The molecular weight excluding hydrogens is 323 g/mol. The summed E-state index contributed by atoms with van der Waals surface area (Å²) in [5.74, 6) is -2.17. The van der Waals surface area contributed by atoms with Crippen molar-refractivity contribution in [3.05, 3.63) is 47.8 Å². The van der Waals surface area contributed by atoms with Crippen LogP contribution in [0.5, 0.6) is 0 Å². The summed E-state index contributed by atoms with van der Waals surface area (Å²) in [6.07, 6.45) is 2.96. The topological polar surface area (TPSA) is 100 Å². The van der Waals surface area contributed by atoms with Crippen LogP contribution < -0.4 is 29.6 Å². The molecule has 6 nitrogen and oxygen atoms in total. The zero-order chi connectivity index (χ0) is 14.5. The molecule has 0 bridgehead atoms. The third-order valence-electron chi connectivity index (χ3n) is 2.20. The molecule has 21 heavy (non-hydrogen) atoms. The van der Waals surface area contributed by atoms with Gasteiger partial charge in [-0.25, -0.2) is 19.6 Å². The van der Waals surface area contributed by atoms with Crippen LogP contribution in [0.4, 0.5) is 0 Å². The van der Waals surface area contributed by atoms with E-state index in [4.69, 9.17) is 10.2 Å². The number of carbonyl (C=O) groups is 2. The molecule has 2 rings (SSSR count). The van der Waals surface area contributed by atoms with Crippen molar-refractivity contribution in [1.82, 2.24) is 9.97 Å². The zero-order valence-corrected chi connectivity index (χ0v) is 14.5. The van der Waals surface area contributed by atoms with Crippen molar-refractivity contribution >= 4 is 33.5 Å². The Morgan fingerprint density at radius 1 is 0.905 bits per heavy atom. The van der Waals surface area contributed by atoms with Crippen molar-refractivity contribution < 1.29 is 50.8 Å². The van der Waals surface area contributed by atoms with E-state index < -0.39 is 11.9 Å². The average Bonchev–Trinajstić information content (AvgIpc) is 2.45. The third kappa shape index (κ3) is 4.72. The number of hydrogen-bond donors (Lipinski definition) is 2. The number of carboxylic acid groups (broad SMARTS) is 2. The van der Waals surface area contributed by atoms with E-state index in [1.807, 2.05) is 0 Å². The Hall–Kier alpha value is -1.06. The molecule has 0 fully saturated rings. The van der Waals surface area contributed by atoms with Gasteiger partial charge in [0.15, 0.2) is 0 Å². The van der Waals surface area contributed by atoms with E-state index in [0.717, 1.165) is 21.6 Å². The number of nitrogens with zero attached hydrogens (tertiary/aromatic N) is 2. The zero-order valence-electron chi connectivity index (χ0n) is 11.9. The summed E-state index contributed by atoms with van der Waals surface area (Å²) in [5, 5.41) is 18.7. The first-order valence-corrected chi connectivity index (χ1v) is 7.45. The van der Waals surface area contributed by atoms with Crippen molar-refractivity contribution in [2.45, 2.75) is 10.1 Å². The second kappa shape index (κ2) is 8.40. The molecule has 2 aromatic rings. The summed E-state index contributed by atoms with van der Waals surface area (Å²) < 4.78 is 0. The smallest absolute Gasteiger partial charge is 1.00 e. The Kier molecular flexibility index (Phi) is 7.20. The molecule has 2 N–H and O–H groups in total. The first-order chi connectivity index (χ1) is 9.59. The molecule has 0 aliphatic carbocycles. The van der Waals surface area contributed by atoms with Crippen LogP contribution in [0.3, 0.4) is 0 Å². The molecular formula is C12H9N2NaO4S2. The predicted molar refractivity (Wildman–Crippen MR) is 75.2 cm³/mol. The average molecular weight is 332 g/mol. The van der Waals surface area contributed by atoms with Gasteiger partial charge in [0, 0.05) is 12.4 Å². The van der Waals surface area contributed by atoms with Gasteiger partial charge in [-0.2, -0.15) is 0 Å². The fraction of sp³-hybridized carbons (Fsp3) is 0. The molecule has 2 heterocycles. The van der Waals surface area contributed by atoms with Gasteiger partial charge in [0.25, 0.3) is 0 Å². The molecule has 0 aliphatic rings. The predicted octanol–water partition coefficient (Wildman–Crippen LogP) is -0.211. The minimum atomic E-state index is -1.08. The van der Waals surface area contributed by atoms with E-state index in [1.165, 1.54) is 36.7 Å². The van der Waals surface area contributed by atoms with Crippen molar-refractivity contribution in [2.24, 2.45) is 0 Å². The van der Waals surface area contributed by atoms with Crippen molar-refractivity contribution in [1.29, 1.82) is 0 Å². The largest absolute Gasteiger partial charge is 1.00 e. The molecule has 0 saturated carbocycles. The number of rotatable bonds is 5. The summed E-state index contributed by atoms with van der Waals surface area (Å²) in [7, 11) is 2.12. The van der Waals surface area contributed by atoms with Gasteiger partial charge < -0.3 is 11.6 Å². The van der Waals surface area contributed by atoms with Crippen molar-refractivity contribution in [2.75, 3.05) is 0 Å². The van der Waals surface area contributed by atoms with Crippen LogP contribution in [-0.2, 0) is 0 Å². The number of pyridine rings is 2. The van der Waals surface area contributed by atoms with E-state index in [9.17, 15) is 9.59 Å². The van der Waals surface area contributed by atoms with Gasteiger partial charge in [-0.05, 0) is 45.9 Å². The summed E-state index contributed by atoms with van der Waals surface area (Å²) >= 11 is 0. The number of hydrogen-bond acceptors (Lipinski definition) is 6. The van der Waals surface area contributed by atoms with Crippen LogP contribution in [0.25, 0.3) is 0 Å². The molecule has 2 aromatic heterocycles. The van der Waals surface area contributed by atoms with Crippen molar-refractivity contribution in [3.8, 4) is 0 Å². The molecule has 0 amide bonds. The molecule has 0 saturated heterocycles. The first-order valence-electron chi connectivity index (χ1n) is 5.30. The summed E-state index contributed by atoms with van der Waals surface area (Å²) in [5.41, 5.74) is 0.135. The Morgan fingerprint density at radius 2 is 1.29 bits per heavy atom. The molecule has 104 valence electrons. The fourth-order valence-electron chi connectivity index (χ4n) is 1.32. The maximum Gasteiger partial charge on any atom is 1.00 e. The Balaban J connectivity index is 0.00000220. The molecule has 0 radical (unpaired) electrons. The normalized spacial score (nSPS) is 9.71. The van der Waals surface area contributed by atoms with E-state index in [1.54, 1.807) is 0 Å². The number of aromatic carboxylic acids is 2. The van der Waals surface area contributed by atoms with Gasteiger partial charge in [-0.3, -0.25) is 0 Å². The van der Waals surface area contributed by atoms with Gasteiger partial charge in [-0.15, -0.1) is 0 Å². The Labute approximate surface area is 151 Å². The summed E-state index contributed by atoms with van der Waals surface area (Å²) in [6, 6.07) is 5.94. The van der Waals surface area contributed by atoms with Crippen LogP contribution in [0.2, 0.25) is 0 Å². The monoisotopic (exact) mass is 332 g/mol. The fourth-order valence-corrected chi connectivity index (χ4v) is 3.45. The van der Waals surface area contributed by atoms with Crippen molar-refractivity contribution in [3.63, 3.8) is 0 Å². The van der Waals surface area contributed by atoms with Gasteiger partial charge in [0.05, 0.1) is 11.1 Å². The van der Waals surface area contributed by atoms with E-state index in [-0.39, 0.29) is 42.1 Å². The maximum atomic E-state index is 11.0. The molecule has 0 atom stereocenters. The van der Waals surface area contributed by atoms with Crippen LogP contribution in [0, 0.1) is 0 Å². The molecule has 0 aliphatic heterocycles. The summed E-state index contributed by atoms with van der Waals surface area (Å²) in [6.45, 7) is 0. The minimum absolute atomic E-state index is 0. The van der Waals surface area contributed by atoms with E-state index >= 15 is 0 Å². The first kappa shape index (κ1) is 18.0. The maximum absolute atomic E-state index is 11.0. The van der Waals surface area contributed by atoms with Crippen LogP contribution in [0.1, 0.15) is 22.1 Å². The van der Waals surface area contributed by atoms with Gasteiger partial charge >= 0.3 is 41.5 Å².